The van der Waals surface area contributed by atoms with Crippen LogP contribution in [0.3, 0.4) is 0 Å². The van der Waals surface area contributed by atoms with E-state index in [1.807, 2.05) is 0 Å². The van der Waals surface area contributed by atoms with Gasteiger partial charge >= 0.3 is 0 Å². The lowest BCUT2D eigenvalue weighted by Crippen LogP contribution is -2.42. The van der Waals surface area contributed by atoms with Crippen molar-refractivity contribution in [2.75, 3.05) is 13.2 Å². The lowest BCUT2D eigenvalue weighted by molar-refractivity contribution is 0.290. The lowest BCUT2D eigenvalue weighted by Gasteiger charge is -1.99. The smallest absolute Gasteiger partial charge is 0.287 e. The van der Waals surface area contributed by atoms with E-state index in [0.29, 0.717) is 0 Å². The Bertz CT molecular complexity index is 152. The summed E-state index contributed by atoms with van der Waals surface area (Å²) in [7, 11) is -3.67. The van der Waals surface area contributed by atoms with Gasteiger partial charge in [0, 0.05) is 6.54 Å². The van der Waals surface area contributed by atoms with Crippen LogP contribution in [0.1, 0.15) is 0 Å². The summed E-state index contributed by atoms with van der Waals surface area (Å²) in [5.41, 5.74) is 2.16. The predicted octanol–water partition coefficient (Wildman–Crippen LogP) is -2.72. The van der Waals surface area contributed by atoms with Crippen LogP contribution in [0.25, 0.3) is 0 Å². The minimum Gasteiger partial charge on any atom is -0.395 e. The Balaban J connectivity index is 3.30. The first kappa shape index (κ1) is 8.79. The van der Waals surface area contributed by atoms with Gasteiger partial charge in [-0.05, 0) is 0 Å². The summed E-state index contributed by atoms with van der Waals surface area (Å²) in [5, 5.41) is 12.6. The average molecular weight is 155 g/mol. The molecule has 7 heteroatoms. The van der Waals surface area contributed by atoms with Crippen LogP contribution in [0.2, 0.25) is 0 Å². The second kappa shape index (κ2) is 3.75. The van der Waals surface area contributed by atoms with E-state index in [4.69, 9.17) is 5.11 Å². The monoisotopic (exact) mass is 155 g/mol. The number of hydrogen-bond donors (Lipinski definition) is 4. The van der Waals surface area contributed by atoms with Gasteiger partial charge in [-0.25, -0.2) is 10.6 Å². The highest BCUT2D eigenvalue weighted by atomic mass is 32.2. The standard InChI is InChI=1S/C2H9N3O3S/c3-9(7,8)5-4-1-2-6/h4-6H,1-2H2,(H2,3,7,8). The molecule has 0 radical (unpaired) electrons. The Morgan fingerprint density at radius 3 is 2.44 bits per heavy atom. The van der Waals surface area contributed by atoms with Gasteiger partial charge in [0.1, 0.15) is 0 Å². The summed E-state index contributed by atoms with van der Waals surface area (Å²) in [6.45, 7) is -0.0149. The van der Waals surface area contributed by atoms with Gasteiger partial charge in [0.15, 0.2) is 0 Å². The zero-order valence-corrected chi connectivity index (χ0v) is 5.48. The van der Waals surface area contributed by atoms with Crippen LogP contribution in [0.15, 0.2) is 0 Å². The van der Waals surface area contributed by atoms with Gasteiger partial charge in [0.05, 0.1) is 6.61 Å². The second-order valence-corrected chi connectivity index (χ2v) is 2.59. The summed E-state index contributed by atoms with van der Waals surface area (Å²) < 4.78 is 20.1. The molecule has 0 spiro atoms. The molecule has 0 aromatic rings. The number of hydrazine groups is 1. The van der Waals surface area contributed by atoms with Crippen molar-refractivity contribution in [1.82, 2.24) is 10.3 Å². The fraction of sp³-hybridized carbons (Fsp3) is 1.00. The van der Waals surface area contributed by atoms with Crippen molar-refractivity contribution < 1.29 is 13.5 Å². The number of hydrogen-bond acceptors (Lipinski definition) is 4. The average Bonchev–Trinajstić information content (AvgIpc) is 1.63. The molecular weight excluding hydrogens is 146 g/mol. The van der Waals surface area contributed by atoms with E-state index in [1.165, 1.54) is 0 Å². The second-order valence-electron chi connectivity index (χ2n) is 1.30. The molecule has 0 aliphatic heterocycles. The molecule has 0 aliphatic rings. The SMILES string of the molecule is NS(=O)(=O)NNCCO. The van der Waals surface area contributed by atoms with Crippen LogP contribution in [0.4, 0.5) is 0 Å². The third kappa shape index (κ3) is 7.79. The van der Waals surface area contributed by atoms with Crippen LogP contribution >= 0.6 is 0 Å². The number of aliphatic hydroxyl groups excluding tert-OH is 1. The fourth-order valence-corrected chi connectivity index (χ4v) is 0.511. The molecule has 0 aliphatic carbocycles. The van der Waals surface area contributed by atoms with E-state index in [-0.39, 0.29) is 13.2 Å². The first-order valence-electron chi connectivity index (χ1n) is 2.19. The molecule has 0 fully saturated rings. The zero-order chi connectivity index (χ0) is 7.33. The van der Waals surface area contributed by atoms with Crippen molar-refractivity contribution in [2.24, 2.45) is 5.14 Å². The van der Waals surface area contributed by atoms with Crippen molar-refractivity contribution in [2.45, 2.75) is 0 Å². The van der Waals surface area contributed by atoms with Gasteiger partial charge in [0.2, 0.25) is 0 Å². The summed E-state index contributed by atoms with van der Waals surface area (Å²) in [6.07, 6.45) is 0. The van der Waals surface area contributed by atoms with E-state index in [2.05, 4.69) is 10.6 Å². The molecule has 9 heavy (non-hydrogen) atoms. The van der Waals surface area contributed by atoms with E-state index >= 15 is 0 Å². The molecule has 56 valence electrons. The van der Waals surface area contributed by atoms with E-state index in [9.17, 15) is 8.42 Å². The topological polar surface area (TPSA) is 104 Å². The minimum atomic E-state index is -3.67. The Morgan fingerprint density at radius 2 is 2.11 bits per heavy atom. The summed E-state index contributed by atoms with van der Waals surface area (Å²) in [5.74, 6) is 0. The normalized spacial score (nSPS) is 11.8. The minimum absolute atomic E-state index is 0.135. The number of nitrogens with two attached hydrogens (primary N) is 1. The van der Waals surface area contributed by atoms with Gasteiger partial charge in [-0.2, -0.15) is 8.42 Å². The van der Waals surface area contributed by atoms with Gasteiger partial charge < -0.3 is 5.11 Å². The van der Waals surface area contributed by atoms with Crippen molar-refractivity contribution in [3.05, 3.63) is 0 Å². The lowest BCUT2D eigenvalue weighted by atomic mass is 10.7. The molecule has 0 saturated heterocycles. The molecule has 5 N–H and O–H groups in total. The number of aliphatic hydroxyl groups is 1. The van der Waals surface area contributed by atoms with Crippen molar-refractivity contribution >= 4 is 10.2 Å². The summed E-state index contributed by atoms with van der Waals surface area (Å²) in [6, 6.07) is 0. The summed E-state index contributed by atoms with van der Waals surface area (Å²) >= 11 is 0. The predicted molar refractivity (Wildman–Crippen MR) is 31.3 cm³/mol. The van der Waals surface area contributed by atoms with Crippen molar-refractivity contribution in [3.8, 4) is 0 Å². The third-order valence-corrected chi connectivity index (χ3v) is 0.880. The Labute approximate surface area is 53.2 Å². The number of nitrogens with one attached hydrogen (secondary N) is 2. The first-order valence-corrected chi connectivity index (χ1v) is 3.74. The van der Waals surface area contributed by atoms with E-state index in [1.54, 1.807) is 4.83 Å². The van der Waals surface area contributed by atoms with Crippen molar-refractivity contribution in [1.29, 1.82) is 0 Å². The number of rotatable bonds is 4. The van der Waals surface area contributed by atoms with Gasteiger partial charge in [-0.3, -0.25) is 0 Å². The zero-order valence-electron chi connectivity index (χ0n) is 4.66. The molecule has 0 amide bonds. The molecule has 0 aromatic heterocycles. The molecule has 0 aromatic carbocycles. The van der Waals surface area contributed by atoms with Gasteiger partial charge in [-0.15, -0.1) is 4.83 Å². The molecule has 0 atom stereocenters. The van der Waals surface area contributed by atoms with Crippen molar-refractivity contribution in [3.63, 3.8) is 0 Å². The largest absolute Gasteiger partial charge is 0.395 e. The van der Waals surface area contributed by atoms with Gasteiger partial charge in [0.25, 0.3) is 10.2 Å². The highest BCUT2D eigenvalue weighted by molar-refractivity contribution is 7.87. The molecule has 6 nitrogen and oxygen atoms in total. The molecule has 0 rings (SSSR count). The Hall–Kier alpha value is -0.210. The van der Waals surface area contributed by atoms with Crippen LogP contribution < -0.4 is 15.4 Å². The molecule has 0 heterocycles. The maximum Gasteiger partial charge on any atom is 0.287 e. The maximum atomic E-state index is 10.0. The highest BCUT2D eigenvalue weighted by Gasteiger charge is 1.95. The van der Waals surface area contributed by atoms with Crippen LogP contribution in [0.5, 0.6) is 0 Å². The molecule has 0 unspecified atom stereocenters. The fourth-order valence-electron chi connectivity index (χ4n) is 0.208. The maximum absolute atomic E-state index is 10.0. The van der Waals surface area contributed by atoms with E-state index < -0.39 is 10.2 Å². The Morgan fingerprint density at radius 1 is 1.56 bits per heavy atom. The Kier molecular flexibility index (Phi) is 3.66. The molecular formula is C2H9N3O3S. The van der Waals surface area contributed by atoms with Crippen LogP contribution in [-0.2, 0) is 10.2 Å². The molecule has 0 saturated carbocycles. The summed E-state index contributed by atoms with van der Waals surface area (Å²) in [4.78, 5) is 1.76. The first-order chi connectivity index (χ1) is 4.06. The quantitative estimate of drug-likeness (QED) is 0.261. The molecule has 0 bridgehead atoms. The van der Waals surface area contributed by atoms with E-state index in [0.717, 1.165) is 0 Å². The highest BCUT2D eigenvalue weighted by Crippen LogP contribution is 1.58. The van der Waals surface area contributed by atoms with Crippen LogP contribution in [0, 0.1) is 0 Å². The third-order valence-electron chi connectivity index (χ3n) is 0.451. The van der Waals surface area contributed by atoms with Gasteiger partial charge in [-0.1, -0.05) is 0 Å². The van der Waals surface area contributed by atoms with Crippen LogP contribution in [-0.4, -0.2) is 26.7 Å².